The van der Waals surface area contributed by atoms with Crippen LogP contribution in [0.5, 0.6) is 0 Å². The molecule has 20 heavy (non-hydrogen) atoms. The molecule has 1 aliphatic carbocycles. The fourth-order valence-corrected chi connectivity index (χ4v) is 3.67. The highest BCUT2D eigenvalue weighted by Gasteiger charge is 2.21. The standard InChI is InChI=1S/C19H21Br/c20-19(14-16-7-4-8-16)18-11-9-17(10-12-18)13-15-5-2-1-3-6-15/h1-3,5-6,9-12,16,19H,4,7-8,13-14H2. The smallest absolute Gasteiger partial charge is 0.0397 e. The van der Waals surface area contributed by atoms with Crippen molar-refractivity contribution in [2.24, 2.45) is 5.92 Å². The predicted octanol–water partition coefficient (Wildman–Crippen LogP) is 5.90. The largest absolute Gasteiger partial charge is 0.0839 e. The lowest BCUT2D eigenvalue weighted by molar-refractivity contribution is 0.295. The Morgan fingerprint density at radius 3 is 2.15 bits per heavy atom. The van der Waals surface area contributed by atoms with E-state index < -0.39 is 0 Å². The van der Waals surface area contributed by atoms with Gasteiger partial charge in [0.1, 0.15) is 0 Å². The number of hydrogen-bond donors (Lipinski definition) is 0. The second-order valence-corrected chi connectivity index (χ2v) is 7.01. The monoisotopic (exact) mass is 328 g/mol. The molecule has 1 atom stereocenters. The molecular formula is C19H21Br. The lowest BCUT2D eigenvalue weighted by atomic mass is 9.81. The molecule has 0 spiro atoms. The van der Waals surface area contributed by atoms with Gasteiger partial charge in [-0.25, -0.2) is 0 Å². The van der Waals surface area contributed by atoms with Crippen LogP contribution in [0.25, 0.3) is 0 Å². The summed E-state index contributed by atoms with van der Waals surface area (Å²) >= 11 is 3.85. The molecule has 1 heteroatoms. The van der Waals surface area contributed by atoms with Gasteiger partial charge in [0.15, 0.2) is 0 Å². The van der Waals surface area contributed by atoms with Gasteiger partial charge in [0.05, 0.1) is 0 Å². The Bertz CT molecular complexity index is 525. The Morgan fingerprint density at radius 1 is 0.900 bits per heavy atom. The summed E-state index contributed by atoms with van der Waals surface area (Å²) in [5, 5.41) is 0. The van der Waals surface area contributed by atoms with Crippen molar-refractivity contribution in [1.82, 2.24) is 0 Å². The van der Waals surface area contributed by atoms with E-state index in [9.17, 15) is 0 Å². The lowest BCUT2D eigenvalue weighted by Gasteiger charge is -2.27. The molecule has 2 aromatic rings. The van der Waals surface area contributed by atoms with Crippen molar-refractivity contribution in [3.05, 3.63) is 71.3 Å². The van der Waals surface area contributed by atoms with Gasteiger partial charge in [-0.05, 0) is 35.4 Å². The maximum absolute atomic E-state index is 3.85. The second-order valence-electron chi connectivity index (χ2n) is 5.90. The molecule has 2 aromatic carbocycles. The zero-order valence-electron chi connectivity index (χ0n) is 11.8. The molecule has 0 nitrogen and oxygen atoms in total. The zero-order chi connectivity index (χ0) is 13.8. The third kappa shape index (κ3) is 3.52. The number of benzene rings is 2. The number of rotatable bonds is 5. The molecule has 104 valence electrons. The maximum atomic E-state index is 3.85. The molecule has 0 N–H and O–H groups in total. The van der Waals surface area contributed by atoms with E-state index in [1.807, 2.05) is 0 Å². The van der Waals surface area contributed by atoms with Gasteiger partial charge >= 0.3 is 0 Å². The molecule has 0 radical (unpaired) electrons. The number of halogens is 1. The summed E-state index contributed by atoms with van der Waals surface area (Å²) in [5.41, 5.74) is 4.20. The van der Waals surface area contributed by atoms with E-state index in [0.29, 0.717) is 4.83 Å². The summed E-state index contributed by atoms with van der Waals surface area (Å²) < 4.78 is 0. The number of hydrogen-bond acceptors (Lipinski definition) is 0. The summed E-state index contributed by atoms with van der Waals surface area (Å²) in [4.78, 5) is 0.526. The van der Waals surface area contributed by atoms with Crippen LogP contribution in [-0.4, -0.2) is 0 Å². The van der Waals surface area contributed by atoms with Crippen LogP contribution in [0.1, 0.15) is 47.2 Å². The molecule has 0 amide bonds. The lowest BCUT2D eigenvalue weighted by Crippen LogP contribution is -2.12. The van der Waals surface area contributed by atoms with Crippen molar-refractivity contribution >= 4 is 15.9 Å². The minimum atomic E-state index is 0.526. The van der Waals surface area contributed by atoms with E-state index in [2.05, 4.69) is 70.5 Å². The van der Waals surface area contributed by atoms with E-state index in [0.717, 1.165) is 12.3 Å². The highest BCUT2D eigenvalue weighted by Crippen LogP contribution is 2.38. The molecular weight excluding hydrogens is 308 g/mol. The van der Waals surface area contributed by atoms with Gasteiger partial charge in [0.2, 0.25) is 0 Å². The van der Waals surface area contributed by atoms with E-state index >= 15 is 0 Å². The van der Waals surface area contributed by atoms with Crippen LogP contribution in [0, 0.1) is 5.92 Å². The third-order valence-corrected chi connectivity index (χ3v) is 5.26. The van der Waals surface area contributed by atoms with Crippen LogP contribution in [-0.2, 0) is 6.42 Å². The average molecular weight is 329 g/mol. The SMILES string of the molecule is BrC(CC1CCC1)c1ccc(Cc2ccccc2)cc1. The second kappa shape index (κ2) is 6.58. The molecule has 0 bridgehead atoms. The molecule has 1 unspecified atom stereocenters. The van der Waals surface area contributed by atoms with Crippen LogP contribution >= 0.6 is 15.9 Å². The van der Waals surface area contributed by atoms with E-state index in [1.165, 1.54) is 42.4 Å². The Hall–Kier alpha value is -1.08. The summed E-state index contributed by atoms with van der Waals surface area (Å²) in [6, 6.07) is 19.8. The minimum absolute atomic E-state index is 0.526. The van der Waals surface area contributed by atoms with Crippen molar-refractivity contribution < 1.29 is 0 Å². The van der Waals surface area contributed by atoms with E-state index in [4.69, 9.17) is 0 Å². The van der Waals surface area contributed by atoms with Crippen molar-refractivity contribution in [3.8, 4) is 0 Å². The first-order chi connectivity index (χ1) is 9.81. The summed E-state index contributed by atoms with van der Waals surface area (Å²) in [7, 11) is 0. The van der Waals surface area contributed by atoms with Gasteiger partial charge in [0.25, 0.3) is 0 Å². The highest BCUT2D eigenvalue weighted by atomic mass is 79.9. The normalized spacial score (nSPS) is 16.6. The minimum Gasteiger partial charge on any atom is -0.0839 e. The van der Waals surface area contributed by atoms with Gasteiger partial charge in [-0.2, -0.15) is 0 Å². The molecule has 3 rings (SSSR count). The summed E-state index contributed by atoms with van der Waals surface area (Å²) in [5.74, 6) is 0.948. The first-order valence-electron chi connectivity index (χ1n) is 7.58. The van der Waals surface area contributed by atoms with Crippen LogP contribution < -0.4 is 0 Å². The third-order valence-electron chi connectivity index (χ3n) is 4.36. The maximum Gasteiger partial charge on any atom is 0.0397 e. The Kier molecular flexibility index (Phi) is 4.57. The molecule has 1 saturated carbocycles. The van der Waals surface area contributed by atoms with Gasteiger partial charge in [-0.15, -0.1) is 0 Å². The molecule has 1 fully saturated rings. The van der Waals surface area contributed by atoms with Gasteiger partial charge in [0, 0.05) is 4.83 Å². The topological polar surface area (TPSA) is 0 Å². The molecule has 0 heterocycles. The van der Waals surface area contributed by atoms with Crippen molar-refractivity contribution in [3.63, 3.8) is 0 Å². The quantitative estimate of drug-likeness (QED) is 0.599. The predicted molar refractivity (Wildman–Crippen MR) is 89.3 cm³/mol. The fraction of sp³-hybridized carbons (Fsp3) is 0.368. The Morgan fingerprint density at radius 2 is 1.55 bits per heavy atom. The van der Waals surface area contributed by atoms with Crippen LogP contribution in [0.3, 0.4) is 0 Å². The van der Waals surface area contributed by atoms with Crippen molar-refractivity contribution in [1.29, 1.82) is 0 Å². The van der Waals surface area contributed by atoms with Gasteiger partial charge < -0.3 is 0 Å². The highest BCUT2D eigenvalue weighted by molar-refractivity contribution is 9.09. The zero-order valence-corrected chi connectivity index (χ0v) is 13.4. The van der Waals surface area contributed by atoms with Crippen LogP contribution in [0.4, 0.5) is 0 Å². The summed E-state index contributed by atoms with van der Waals surface area (Å²) in [6.07, 6.45) is 6.59. The van der Waals surface area contributed by atoms with Gasteiger partial charge in [-0.1, -0.05) is 89.8 Å². The number of alkyl halides is 1. The van der Waals surface area contributed by atoms with Crippen LogP contribution in [0.15, 0.2) is 54.6 Å². The van der Waals surface area contributed by atoms with E-state index in [1.54, 1.807) is 0 Å². The summed E-state index contributed by atoms with van der Waals surface area (Å²) in [6.45, 7) is 0. The Balaban J connectivity index is 1.61. The first-order valence-corrected chi connectivity index (χ1v) is 8.49. The molecule has 0 aromatic heterocycles. The van der Waals surface area contributed by atoms with E-state index in [-0.39, 0.29) is 0 Å². The molecule has 1 aliphatic rings. The molecule has 0 aliphatic heterocycles. The average Bonchev–Trinajstić information content (AvgIpc) is 2.44. The first kappa shape index (κ1) is 13.9. The Labute approximate surface area is 130 Å². The van der Waals surface area contributed by atoms with Crippen LogP contribution in [0.2, 0.25) is 0 Å². The van der Waals surface area contributed by atoms with Gasteiger partial charge in [-0.3, -0.25) is 0 Å². The fourth-order valence-electron chi connectivity index (χ4n) is 2.83. The van der Waals surface area contributed by atoms with Crippen molar-refractivity contribution in [2.75, 3.05) is 0 Å². The van der Waals surface area contributed by atoms with Crippen molar-refractivity contribution in [2.45, 2.75) is 36.9 Å². The molecule has 0 saturated heterocycles.